The van der Waals surface area contributed by atoms with Crippen molar-refractivity contribution in [1.82, 2.24) is 0 Å². The van der Waals surface area contributed by atoms with Crippen molar-refractivity contribution in [1.29, 1.82) is 0 Å². The first-order chi connectivity index (χ1) is 8.83. The molecule has 0 aromatic heterocycles. The maximum atomic E-state index is 10.5. The SMILES string of the molecule is COc1ccccc1COc1ccc(C=O)cc1. The van der Waals surface area contributed by atoms with Gasteiger partial charge in [-0.2, -0.15) is 0 Å². The van der Waals surface area contributed by atoms with Gasteiger partial charge in [0.25, 0.3) is 0 Å². The molecule has 0 saturated carbocycles. The van der Waals surface area contributed by atoms with Crippen molar-refractivity contribution in [2.45, 2.75) is 6.61 Å². The van der Waals surface area contributed by atoms with Crippen LogP contribution in [0.3, 0.4) is 0 Å². The largest absolute Gasteiger partial charge is 0.496 e. The zero-order valence-electron chi connectivity index (χ0n) is 10.1. The predicted molar refractivity (Wildman–Crippen MR) is 69.2 cm³/mol. The van der Waals surface area contributed by atoms with Gasteiger partial charge in [-0.15, -0.1) is 0 Å². The Morgan fingerprint density at radius 3 is 2.44 bits per heavy atom. The van der Waals surface area contributed by atoms with Gasteiger partial charge in [0.1, 0.15) is 24.4 Å². The first-order valence-corrected chi connectivity index (χ1v) is 5.63. The molecule has 0 aliphatic rings. The molecule has 0 heterocycles. The fourth-order valence-corrected chi connectivity index (χ4v) is 1.63. The molecule has 0 atom stereocenters. The summed E-state index contributed by atoms with van der Waals surface area (Å²) in [6.45, 7) is 0.435. The Morgan fingerprint density at radius 1 is 1.06 bits per heavy atom. The molecule has 2 aromatic rings. The summed E-state index contributed by atoms with van der Waals surface area (Å²) in [5.41, 5.74) is 1.62. The van der Waals surface area contributed by atoms with Crippen LogP contribution in [0.2, 0.25) is 0 Å². The molecule has 0 spiro atoms. The van der Waals surface area contributed by atoms with Crippen LogP contribution in [0.15, 0.2) is 48.5 Å². The number of ether oxygens (including phenoxy) is 2. The standard InChI is InChI=1S/C15H14O3/c1-17-15-5-3-2-4-13(15)11-18-14-8-6-12(10-16)7-9-14/h2-10H,11H2,1H3. The summed E-state index contributed by atoms with van der Waals surface area (Å²) in [5.74, 6) is 1.54. The summed E-state index contributed by atoms with van der Waals surface area (Å²) < 4.78 is 10.9. The van der Waals surface area contributed by atoms with Crippen molar-refractivity contribution in [3.63, 3.8) is 0 Å². The fraction of sp³-hybridized carbons (Fsp3) is 0.133. The molecule has 18 heavy (non-hydrogen) atoms. The third kappa shape index (κ3) is 2.88. The van der Waals surface area contributed by atoms with Crippen LogP contribution in [0.4, 0.5) is 0 Å². The monoisotopic (exact) mass is 242 g/mol. The van der Waals surface area contributed by atoms with Gasteiger partial charge < -0.3 is 9.47 Å². The fourth-order valence-electron chi connectivity index (χ4n) is 1.63. The van der Waals surface area contributed by atoms with Crippen LogP contribution in [-0.2, 0) is 6.61 Å². The lowest BCUT2D eigenvalue weighted by Crippen LogP contribution is -1.98. The maximum absolute atomic E-state index is 10.5. The first kappa shape index (κ1) is 12.2. The van der Waals surface area contributed by atoms with Crippen LogP contribution >= 0.6 is 0 Å². The minimum atomic E-state index is 0.435. The number of hydrogen-bond acceptors (Lipinski definition) is 3. The molecule has 3 heteroatoms. The number of methoxy groups -OCH3 is 1. The van der Waals surface area contributed by atoms with Gasteiger partial charge in [0.05, 0.1) is 7.11 Å². The zero-order valence-corrected chi connectivity index (χ0v) is 10.1. The van der Waals surface area contributed by atoms with Crippen molar-refractivity contribution in [3.05, 3.63) is 59.7 Å². The second kappa shape index (κ2) is 5.87. The summed E-state index contributed by atoms with van der Waals surface area (Å²) in [6, 6.07) is 14.7. The van der Waals surface area contributed by atoms with Crippen LogP contribution in [-0.4, -0.2) is 13.4 Å². The van der Waals surface area contributed by atoms with E-state index in [-0.39, 0.29) is 0 Å². The van der Waals surface area contributed by atoms with Gasteiger partial charge in [0.15, 0.2) is 0 Å². The van der Waals surface area contributed by atoms with Crippen LogP contribution < -0.4 is 9.47 Å². The van der Waals surface area contributed by atoms with E-state index in [1.165, 1.54) is 0 Å². The van der Waals surface area contributed by atoms with E-state index in [0.29, 0.717) is 12.2 Å². The molecule has 0 amide bonds. The topological polar surface area (TPSA) is 35.5 Å². The molecule has 0 radical (unpaired) electrons. The van der Waals surface area contributed by atoms with Gasteiger partial charge >= 0.3 is 0 Å². The second-order valence-corrected chi connectivity index (χ2v) is 3.79. The Balaban J connectivity index is 2.04. The third-order valence-electron chi connectivity index (χ3n) is 2.60. The molecule has 0 fully saturated rings. The minimum Gasteiger partial charge on any atom is -0.496 e. The molecule has 92 valence electrons. The number of rotatable bonds is 5. The molecule has 0 aliphatic carbocycles. The average molecular weight is 242 g/mol. The van der Waals surface area contributed by atoms with Crippen molar-refractivity contribution >= 4 is 6.29 Å². The summed E-state index contributed by atoms with van der Waals surface area (Å²) in [6.07, 6.45) is 0.810. The van der Waals surface area contributed by atoms with Gasteiger partial charge in [-0.05, 0) is 30.3 Å². The summed E-state index contributed by atoms with van der Waals surface area (Å²) in [7, 11) is 1.64. The third-order valence-corrected chi connectivity index (χ3v) is 2.60. The predicted octanol–water partition coefficient (Wildman–Crippen LogP) is 3.09. The molecule has 0 saturated heterocycles. The average Bonchev–Trinajstić information content (AvgIpc) is 2.46. The highest BCUT2D eigenvalue weighted by Crippen LogP contribution is 2.20. The highest BCUT2D eigenvalue weighted by molar-refractivity contribution is 5.74. The van der Waals surface area contributed by atoms with E-state index in [1.54, 1.807) is 31.4 Å². The first-order valence-electron chi connectivity index (χ1n) is 5.63. The van der Waals surface area contributed by atoms with E-state index in [4.69, 9.17) is 9.47 Å². The molecule has 0 N–H and O–H groups in total. The smallest absolute Gasteiger partial charge is 0.150 e. The van der Waals surface area contributed by atoms with Crippen molar-refractivity contribution in [2.75, 3.05) is 7.11 Å². The van der Waals surface area contributed by atoms with Gasteiger partial charge in [-0.25, -0.2) is 0 Å². The highest BCUT2D eigenvalue weighted by Gasteiger charge is 2.02. The molecule has 2 rings (SSSR count). The van der Waals surface area contributed by atoms with Crippen LogP contribution in [0.1, 0.15) is 15.9 Å². The lowest BCUT2D eigenvalue weighted by Gasteiger charge is -2.09. The normalized spacial score (nSPS) is 9.83. The van der Waals surface area contributed by atoms with E-state index in [1.807, 2.05) is 24.3 Å². The Kier molecular flexibility index (Phi) is 3.97. The van der Waals surface area contributed by atoms with Crippen LogP contribution in [0.5, 0.6) is 11.5 Å². The van der Waals surface area contributed by atoms with Gasteiger partial charge in [0.2, 0.25) is 0 Å². The molecule has 2 aromatic carbocycles. The minimum absolute atomic E-state index is 0.435. The molecule has 0 aliphatic heterocycles. The molecular weight excluding hydrogens is 228 g/mol. The molecule has 0 bridgehead atoms. The number of aldehydes is 1. The van der Waals surface area contributed by atoms with E-state index in [0.717, 1.165) is 23.3 Å². The van der Waals surface area contributed by atoms with E-state index in [9.17, 15) is 4.79 Å². The quantitative estimate of drug-likeness (QED) is 0.756. The number of para-hydroxylation sites is 1. The Morgan fingerprint density at radius 2 is 1.78 bits per heavy atom. The maximum Gasteiger partial charge on any atom is 0.150 e. The van der Waals surface area contributed by atoms with Gasteiger partial charge in [-0.3, -0.25) is 4.79 Å². The Bertz CT molecular complexity index is 518. The van der Waals surface area contributed by atoms with Crippen LogP contribution in [0.25, 0.3) is 0 Å². The van der Waals surface area contributed by atoms with Crippen molar-refractivity contribution in [2.24, 2.45) is 0 Å². The number of carbonyl (C=O) groups excluding carboxylic acids is 1. The number of benzene rings is 2. The lowest BCUT2D eigenvalue weighted by atomic mass is 10.2. The summed E-state index contributed by atoms with van der Waals surface area (Å²) in [5, 5.41) is 0. The van der Waals surface area contributed by atoms with Gasteiger partial charge in [-0.1, -0.05) is 18.2 Å². The molecule has 3 nitrogen and oxygen atoms in total. The van der Waals surface area contributed by atoms with E-state index >= 15 is 0 Å². The van der Waals surface area contributed by atoms with Crippen LogP contribution in [0, 0.1) is 0 Å². The molecular formula is C15H14O3. The summed E-state index contributed by atoms with van der Waals surface area (Å²) in [4.78, 5) is 10.5. The van der Waals surface area contributed by atoms with Crippen molar-refractivity contribution in [3.8, 4) is 11.5 Å². The Labute approximate surface area is 106 Å². The molecule has 0 unspecified atom stereocenters. The summed E-state index contributed by atoms with van der Waals surface area (Å²) >= 11 is 0. The lowest BCUT2D eigenvalue weighted by molar-refractivity contribution is 0.112. The van der Waals surface area contributed by atoms with Gasteiger partial charge in [0, 0.05) is 11.1 Å². The van der Waals surface area contributed by atoms with E-state index < -0.39 is 0 Å². The Hall–Kier alpha value is -2.29. The zero-order chi connectivity index (χ0) is 12.8. The second-order valence-electron chi connectivity index (χ2n) is 3.79. The highest BCUT2D eigenvalue weighted by atomic mass is 16.5. The van der Waals surface area contributed by atoms with E-state index in [2.05, 4.69) is 0 Å². The number of carbonyl (C=O) groups is 1. The van der Waals surface area contributed by atoms with Crippen molar-refractivity contribution < 1.29 is 14.3 Å². The number of hydrogen-bond donors (Lipinski definition) is 0.